The van der Waals surface area contributed by atoms with E-state index in [2.05, 4.69) is 16.0 Å². The van der Waals surface area contributed by atoms with E-state index in [0.717, 1.165) is 15.8 Å². The zero-order valence-corrected chi connectivity index (χ0v) is 17.5. The number of nitrogens with two attached hydrogens (primary N) is 1. The molecule has 3 aromatic carbocycles. The van der Waals surface area contributed by atoms with E-state index in [1.54, 1.807) is 36.4 Å². The van der Waals surface area contributed by atoms with Gasteiger partial charge in [-0.15, -0.1) is 0 Å². The summed E-state index contributed by atoms with van der Waals surface area (Å²) >= 11 is 11.9. The van der Waals surface area contributed by atoms with Gasteiger partial charge < -0.3 is 5.73 Å². The number of benzene rings is 3. The molecule has 0 spiro atoms. The number of hydrogen-bond donors (Lipinski definition) is 2. The van der Waals surface area contributed by atoms with Crippen LogP contribution in [0.3, 0.4) is 0 Å². The van der Waals surface area contributed by atoms with Crippen LogP contribution in [0.15, 0.2) is 65.6 Å². The highest BCUT2D eigenvalue weighted by Gasteiger charge is 2.19. The normalized spacial score (nSPS) is 11.5. The Morgan fingerprint density at radius 3 is 2.43 bits per heavy atom. The summed E-state index contributed by atoms with van der Waals surface area (Å²) in [6.07, 6.45) is 2.72. The summed E-state index contributed by atoms with van der Waals surface area (Å²) in [4.78, 5) is 11.4. The van der Waals surface area contributed by atoms with Crippen LogP contribution in [0, 0.1) is 6.20 Å². The van der Waals surface area contributed by atoms with Crippen molar-refractivity contribution in [2.75, 3.05) is 4.72 Å². The number of aromatic nitrogens is 2. The molecule has 1 aromatic heterocycles. The van der Waals surface area contributed by atoms with Crippen molar-refractivity contribution in [1.29, 1.82) is 0 Å². The van der Waals surface area contributed by atoms with Gasteiger partial charge in [0.1, 0.15) is 11.1 Å². The maximum atomic E-state index is 12.6. The van der Waals surface area contributed by atoms with Crippen LogP contribution < -0.4 is 10.5 Å². The first-order valence-electron chi connectivity index (χ1n) is 8.54. The van der Waals surface area contributed by atoms with Gasteiger partial charge >= 0.3 is 6.03 Å². The Bertz CT molecular complexity index is 1380. The highest BCUT2D eigenvalue weighted by molar-refractivity contribution is 7.92. The fourth-order valence-corrected chi connectivity index (χ4v) is 4.76. The number of amides is 1. The lowest BCUT2D eigenvalue weighted by Crippen LogP contribution is -2.20. The molecule has 0 unspecified atom stereocenters. The van der Waals surface area contributed by atoms with Crippen molar-refractivity contribution in [2.24, 2.45) is 5.73 Å². The average molecular weight is 460 g/mol. The number of carbonyl (C=O) groups is 1. The van der Waals surface area contributed by atoms with Crippen LogP contribution in [0.4, 0.5) is 10.5 Å². The average Bonchev–Trinajstić information content (AvgIpc) is 3.14. The Kier molecular flexibility index (Phi) is 5.15. The first-order chi connectivity index (χ1) is 14.3. The fourth-order valence-electron chi connectivity index (χ4n) is 2.94. The van der Waals surface area contributed by atoms with Crippen molar-refractivity contribution >= 4 is 55.8 Å². The lowest BCUT2D eigenvalue weighted by Gasteiger charge is -2.11. The van der Waals surface area contributed by atoms with Crippen LogP contribution in [0.5, 0.6) is 0 Å². The van der Waals surface area contributed by atoms with Crippen LogP contribution in [-0.4, -0.2) is 24.2 Å². The van der Waals surface area contributed by atoms with Gasteiger partial charge in [0.25, 0.3) is 10.0 Å². The summed E-state index contributed by atoms with van der Waals surface area (Å²) in [5, 5.41) is 4.61. The molecule has 4 rings (SSSR count). The minimum Gasteiger partial charge on any atom is -0.350 e. The number of fused-ring (bicyclic) bond motifs is 1. The third kappa shape index (κ3) is 3.72. The van der Waals surface area contributed by atoms with E-state index in [1.165, 1.54) is 18.2 Å². The number of halogens is 2. The Morgan fingerprint density at radius 1 is 1.03 bits per heavy atom. The van der Waals surface area contributed by atoms with Gasteiger partial charge in [-0.25, -0.2) is 13.2 Å². The summed E-state index contributed by atoms with van der Waals surface area (Å²) in [5.74, 6) is 0. The molecular formula is C20H13Cl2N4O3S. The Morgan fingerprint density at radius 2 is 1.73 bits per heavy atom. The summed E-state index contributed by atoms with van der Waals surface area (Å²) in [7, 11) is -3.91. The van der Waals surface area contributed by atoms with Crippen LogP contribution in [-0.2, 0) is 10.0 Å². The fraction of sp³-hybridized carbons (Fsp3) is 0. The maximum absolute atomic E-state index is 12.6. The third-order valence-corrected chi connectivity index (χ3v) is 6.74. The van der Waals surface area contributed by atoms with E-state index in [-0.39, 0.29) is 14.9 Å². The number of hydrogen-bond acceptors (Lipinski definition) is 4. The quantitative estimate of drug-likeness (QED) is 0.466. The molecule has 0 aliphatic heterocycles. The Balaban J connectivity index is 1.63. The predicted molar refractivity (Wildman–Crippen MR) is 116 cm³/mol. The van der Waals surface area contributed by atoms with Crippen molar-refractivity contribution in [3.8, 4) is 11.1 Å². The Hall–Kier alpha value is -3.07. The van der Waals surface area contributed by atoms with E-state index in [0.29, 0.717) is 16.6 Å². The highest BCUT2D eigenvalue weighted by atomic mass is 35.5. The second kappa shape index (κ2) is 7.64. The lowest BCUT2D eigenvalue weighted by molar-refractivity contribution is 0.248. The maximum Gasteiger partial charge on any atom is 0.340 e. The van der Waals surface area contributed by atoms with Gasteiger partial charge in [-0.1, -0.05) is 47.5 Å². The molecule has 0 saturated heterocycles. The van der Waals surface area contributed by atoms with Crippen LogP contribution in [0.2, 0.25) is 10.0 Å². The molecular weight excluding hydrogens is 447 g/mol. The first kappa shape index (κ1) is 20.2. The topological polar surface area (TPSA) is 107 Å². The zero-order chi connectivity index (χ0) is 21.5. The van der Waals surface area contributed by atoms with E-state index in [1.807, 2.05) is 6.07 Å². The number of nitrogens with zero attached hydrogens (tertiary/aromatic N) is 2. The van der Waals surface area contributed by atoms with Gasteiger partial charge in [-0.3, -0.25) is 4.72 Å². The van der Waals surface area contributed by atoms with Crippen LogP contribution in [0.25, 0.3) is 22.0 Å². The summed E-state index contributed by atoms with van der Waals surface area (Å²) in [5.41, 5.74) is 7.80. The molecule has 151 valence electrons. The van der Waals surface area contributed by atoms with Crippen molar-refractivity contribution in [2.45, 2.75) is 4.90 Å². The predicted octanol–water partition coefficient (Wildman–Crippen LogP) is 4.54. The molecule has 0 atom stereocenters. The monoisotopic (exact) mass is 459 g/mol. The molecule has 10 heteroatoms. The molecule has 0 aliphatic carbocycles. The molecule has 0 fully saturated rings. The number of carbonyl (C=O) groups excluding carboxylic acids is 1. The minimum atomic E-state index is -3.91. The smallest absolute Gasteiger partial charge is 0.340 e. The standard InChI is InChI=1S/C20H13Cl2N4O3S/c21-16-2-1-3-18(19(16)22)30(28,29)25-15-8-6-12(7-9-15)13-4-5-14-11-24-26(20(23)27)17(14)10-13/h1-10,25H,(H2,23,27). The van der Waals surface area contributed by atoms with Gasteiger partial charge in [-0.2, -0.15) is 9.78 Å². The van der Waals surface area contributed by atoms with Gasteiger partial charge in [0.05, 0.1) is 15.6 Å². The third-order valence-electron chi connectivity index (χ3n) is 4.38. The van der Waals surface area contributed by atoms with Crippen molar-refractivity contribution < 1.29 is 13.2 Å². The van der Waals surface area contributed by atoms with Gasteiger partial charge in [-0.05, 0) is 47.5 Å². The summed E-state index contributed by atoms with van der Waals surface area (Å²) in [6, 6.07) is 15.8. The van der Waals surface area contributed by atoms with E-state index < -0.39 is 16.1 Å². The van der Waals surface area contributed by atoms with E-state index >= 15 is 0 Å². The number of primary amides is 1. The molecule has 7 nitrogen and oxygen atoms in total. The molecule has 3 N–H and O–H groups in total. The van der Waals surface area contributed by atoms with Crippen molar-refractivity contribution in [3.05, 3.63) is 76.9 Å². The molecule has 0 bridgehead atoms. The lowest BCUT2D eigenvalue weighted by atomic mass is 10.0. The molecule has 1 radical (unpaired) electrons. The Labute approximate surface area is 182 Å². The zero-order valence-electron chi connectivity index (χ0n) is 15.1. The van der Waals surface area contributed by atoms with Gasteiger partial charge in [0.2, 0.25) is 0 Å². The number of sulfonamides is 1. The first-order valence-corrected chi connectivity index (χ1v) is 10.8. The number of rotatable bonds is 4. The second-order valence-corrected chi connectivity index (χ2v) is 8.76. The largest absolute Gasteiger partial charge is 0.350 e. The SMILES string of the molecule is NC(=O)n1n[c]c2ccc(-c3ccc(NS(=O)(=O)c4cccc(Cl)c4Cl)cc3)cc21. The molecule has 30 heavy (non-hydrogen) atoms. The molecule has 0 aliphatic rings. The van der Waals surface area contributed by atoms with Crippen LogP contribution >= 0.6 is 23.2 Å². The number of nitrogens with one attached hydrogen (secondary N) is 1. The molecule has 4 aromatic rings. The van der Waals surface area contributed by atoms with Crippen LogP contribution in [0.1, 0.15) is 0 Å². The summed E-state index contributed by atoms with van der Waals surface area (Å²) < 4.78 is 28.8. The number of anilines is 1. The van der Waals surface area contributed by atoms with Crippen molar-refractivity contribution in [1.82, 2.24) is 9.78 Å². The molecule has 1 heterocycles. The van der Waals surface area contributed by atoms with E-state index in [4.69, 9.17) is 28.9 Å². The summed E-state index contributed by atoms with van der Waals surface area (Å²) in [6.45, 7) is 0. The van der Waals surface area contributed by atoms with Gasteiger partial charge in [0, 0.05) is 11.1 Å². The highest BCUT2D eigenvalue weighted by Crippen LogP contribution is 2.31. The second-order valence-electron chi connectivity index (χ2n) is 6.33. The van der Waals surface area contributed by atoms with Gasteiger partial charge in [0.15, 0.2) is 0 Å². The molecule has 0 saturated carbocycles. The minimum absolute atomic E-state index is 0.0422. The molecule has 1 amide bonds. The van der Waals surface area contributed by atoms with E-state index in [9.17, 15) is 13.2 Å². The van der Waals surface area contributed by atoms with Crippen molar-refractivity contribution in [3.63, 3.8) is 0 Å².